The summed E-state index contributed by atoms with van der Waals surface area (Å²) in [5.41, 5.74) is 5.34. The molecular formula is C38H74N8O8. The number of alkyl carbamates (subject to hydrolysis) is 1. The van der Waals surface area contributed by atoms with Crippen molar-refractivity contribution >= 4 is 17.9 Å². The van der Waals surface area contributed by atoms with Crippen LogP contribution in [0, 0.1) is 0 Å². The lowest BCUT2D eigenvalue weighted by Gasteiger charge is -2.18. The van der Waals surface area contributed by atoms with Crippen LogP contribution < -0.4 is 43.0 Å². The zero-order valence-electron chi connectivity index (χ0n) is 33.1. The fourth-order valence-corrected chi connectivity index (χ4v) is 5.55. The number of ether oxygens (including phenoxy) is 5. The van der Waals surface area contributed by atoms with Crippen LogP contribution >= 0.6 is 0 Å². The highest BCUT2D eigenvalue weighted by Crippen LogP contribution is 2.22. The van der Waals surface area contributed by atoms with Crippen LogP contribution in [0.15, 0.2) is 0 Å². The van der Waals surface area contributed by atoms with Crippen LogP contribution in [0.3, 0.4) is 0 Å². The molecule has 4 aliphatic carbocycles. The van der Waals surface area contributed by atoms with Crippen molar-refractivity contribution in [3.05, 3.63) is 0 Å². The third-order valence-corrected chi connectivity index (χ3v) is 9.32. The Balaban J connectivity index is 0.000000294. The highest BCUT2D eigenvalue weighted by molar-refractivity contribution is 5.82. The predicted octanol–water partition coefficient (Wildman–Crippen LogP) is 0.672. The van der Waals surface area contributed by atoms with Crippen LogP contribution in [0.4, 0.5) is 4.79 Å². The number of carbonyl (C=O) groups excluding carboxylic acids is 3. The summed E-state index contributed by atoms with van der Waals surface area (Å²) < 4.78 is 25.9. The van der Waals surface area contributed by atoms with Gasteiger partial charge in [-0.15, -0.1) is 0 Å². The average Bonchev–Trinajstić information content (AvgIpc) is 3.97. The fourth-order valence-electron chi connectivity index (χ4n) is 5.55. The summed E-state index contributed by atoms with van der Waals surface area (Å²) in [6, 6.07) is 2.40. The van der Waals surface area contributed by atoms with E-state index in [1.807, 2.05) is 0 Å². The minimum atomic E-state index is -0.468. The van der Waals surface area contributed by atoms with E-state index in [2.05, 4.69) is 42.0 Å². The molecule has 54 heavy (non-hydrogen) atoms. The molecule has 4 saturated carbocycles. The summed E-state index contributed by atoms with van der Waals surface area (Å²) in [6.45, 7) is 8.00. The van der Waals surface area contributed by atoms with Crippen molar-refractivity contribution in [3.63, 3.8) is 0 Å². The lowest BCUT2D eigenvalue weighted by molar-refractivity contribution is -0.124. The number of nitrogens with one attached hydrogen (secondary N) is 7. The molecule has 0 aromatic carbocycles. The van der Waals surface area contributed by atoms with Crippen molar-refractivity contribution < 1.29 is 38.1 Å². The predicted molar refractivity (Wildman–Crippen MR) is 208 cm³/mol. The molecule has 0 saturated heterocycles. The molecule has 0 spiro atoms. The molecule has 0 bridgehead atoms. The lowest BCUT2D eigenvalue weighted by Crippen LogP contribution is -2.46. The molecule has 314 valence electrons. The number of rotatable bonds is 35. The average molecular weight is 771 g/mol. The molecule has 3 amide bonds. The zero-order chi connectivity index (χ0) is 38.5. The standard InChI is InChI=1S/C20H38N4O5.C18H36N4O3/c1-27-20(26)23-11-13-29-15-14-28-12-10-22-19(25)18(24-17-7-8-17)4-2-3-9-21-16-5-6-16;19-8-11-24-13-14-25-12-10-21-18(23)17(22-16-6-7-16)3-1-2-9-20-15-4-5-15/h16-18,21,24H,2-15H2,1H3,(H,22,25)(H,23,26);15-17,20,22H,1-14,19H2,(H,21,23). The van der Waals surface area contributed by atoms with Gasteiger partial charge in [0.25, 0.3) is 0 Å². The van der Waals surface area contributed by atoms with E-state index in [9.17, 15) is 14.4 Å². The minimum Gasteiger partial charge on any atom is -0.453 e. The number of unbranched alkanes of at least 4 members (excludes halogenated alkanes) is 2. The quantitative estimate of drug-likeness (QED) is 0.0418. The Kier molecular flexibility index (Phi) is 25.7. The van der Waals surface area contributed by atoms with Gasteiger partial charge in [-0.25, -0.2) is 4.79 Å². The van der Waals surface area contributed by atoms with E-state index in [0.29, 0.717) is 91.1 Å². The molecule has 2 unspecified atom stereocenters. The Morgan fingerprint density at radius 1 is 0.519 bits per heavy atom. The Hall–Kier alpha value is -2.15. The first-order valence-corrected chi connectivity index (χ1v) is 20.9. The molecule has 2 atom stereocenters. The van der Waals surface area contributed by atoms with Gasteiger partial charge in [0.2, 0.25) is 11.8 Å². The van der Waals surface area contributed by atoms with E-state index in [0.717, 1.165) is 63.7 Å². The maximum atomic E-state index is 12.5. The second-order valence-electron chi connectivity index (χ2n) is 14.7. The van der Waals surface area contributed by atoms with E-state index in [1.54, 1.807) is 0 Å². The molecular weight excluding hydrogens is 696 g/mol. The third kappa shape index (κ3) is 26.6. The Morgan fingerprint density at radius 2 is 0.907 bits per heavy atom. The lowest BCUT2D eigenvalue weighted by atomic mass is 10.1. The normalized spacial score (nSPS) is 17.6. The Labute approximate surface area is 323 Å². The summed E-state index contributed by atoms with van der Waals surface area (Å²) in [5.74, 6) is 0.172. The topological polar surface area (TPSA) is 208 Å². The van der Waals surface area contributed by atoms with Gasteiger partial charge in [0.15, 0.2) is 0 Å². The van der Waals surface area contributed by atoms with E-state index in [-0.39, 0.29) is 23.9 Å². The second kappa shape index (κ2) is 30.0. The van der Waals surface area contributed by atoms with Crippen LogP contribution in [0.25, 0.3) is 0 Å². The zero-order valence-corrected chi connectivity index (χ0v) is 33.1. The number of hydrogen-bond donors (Lipinski definition) is 8. The maximum Gasteiger partial charge on any atom is 0.406 e. The number of carbonyl (C=O) groups is 3. The van der Waals surface area contributed by atoms with Gasteiger partial charge in [-0.1, -0.05) is 12.8 Å². The first-order valence-electron chi connectivity index (χ1n) is 20.9. The number of amides is 3. The van der Waals surface area contributed by atoms with Gasteiger partial charge in [-0.3, -0.25) is 9.59 Å². The highest BCUT2D eigenvalue weighted by Gasteiger charge is 2.29. The number of methoxy groups -OCH3 is 1. The van der Waals surface area contributed by atoms with E-state index in [1.165, 1.54) is 58.5 Å². The molecule has 0 heterocycles. The largest absolute Gasteiger partial charge is 0.453 e. The molecule has 4 fully saturated rings. The molecule has 16 nitrogen and oxygen atoms in total. The molecule has 0 aromatic heterocycles. The Morgan fingerprint density at radius 3 is 1.28 bits per heavy atom. The van der Waals surface area contributed by atoms with Gasteiger partial charge in [0.05, 0.1) is 72.0 Å². The van der Waals surface area contributed by atoms with Crippen LogP contribution in [-0.4, -0.2) is 153 Å². The number of hydrogen-bond acceptors (Lipinski definition) is 13. The van der Waals surface area contributed by atoms with Gasteiger partial charge in [0.1, 0.15) is 0 Å². The minimum absolute atomic E-state index is 0.0682. The third-order valence-electron chi connectivity index (χ3n) is 9.32. The van der Waals surface area contributed by atoms with Crippen molar-refractivity contribution in [2.75, 3.05) is 99.2 Å². The number of nitrogens with two attached hydrogens (primary N) is 1. The molecule has 0 aromatic rings. The van der Waals surface area contributed by atoms with Crippen molar-refractivity contribution in [1.82, 2.24) is 37.2 Å². The van der Waals surface area contributed by atoms with E-state index in [4.69, 9.17) is 24.7 Å². The summed E-state index contributed by atoms with van der Waals surface area (Å²) in [7, 11) is 1.32. The second-order valence-corrected chi connectivity index (χ2v) is 14.7. The van der Waals surface area contributed by atoms with E-state index < -0.39 is 6.09 Å². The SMILES string of the molecule is COC(=O)NCCOCCOCCNC(=O)C(CCCCNC1CC1)NC1CC1.NCCOCCOCCNC(=O)C(CCCCNC1CC1)NC1CC1. The maximum absolute atomic E-state index is 12.5. The van der Waals surface area contributed by atoms with Crippen LogP contribution in [0.2, 0.25) is 0 Å². The highest BCUT2D eigenvalue weighted by atomic mass is 16.5. The molecule has 9 N–H and O–H groups in total. The van der Waals surface area contributed by atoms with Crippen molar-refractivity contribution in [1.29, 1.82) is 0 Å². The molecule has 0 aliphatic heterocycles. The fraction of sp³-hybridized carbons (Fsp3) is 0.921. The molecule has 0 radical (unpaired) electrons. The van der Waals surface area contributed by atoms with Crippen LogP contribution in [0.5, 0.6) is 0 Å². The van der Waals surface area contributed by atoms with Crippen molar-refractivity contribution in [2.24, 2.45) is 5.73 Å². The molecule has 4 aliphatic rings. The van der Waals surface area contributed by atoms with Crippen molar-refractivity contribution in [3.8, 4) is 0 Å². The first-order chi connectivity index (χ1) is 26.5. The van der Waals surface area contributed by atoms with Gasteiger partial charge < -0.3 is 66.6 Å². The van der Waals surface area contributed by atoms with Crippen molar-refractivity contribution in [2.45, 2.75) is 126 Å². The smallest absolute Gasteiger partial charge is 0.406 e. The summed E-state index contributed by atoms with van der Waals surface area (Å²) in [5, 5.41) is 22.5. The summed E-state index contributed by atoms with van der Waals surface area (Å²) in [6.07, 6.45) is 15.7. The van der Waals surface area contributed by atoms with Crippen LogP contribution in [0.1, 0.15) is 89.9 Å². The molecule has 16 heteroatoms. The van der Waals surface area contributed by atoms with Gasteiger partial charge >= 0.3 is 6.09 Å². The van der Waals surface area contributed by atoms with Gasteiger partial charge in [0, 0.05) is 50.3 Å². The monoisotopic (exact) mass is 771 g/mol. The summed E-state index contributed by atoms with van der Waals surface area (Å²) >= 11 is 0. The Bertz CT molecular complexity index is 985. The van der Waals surface area contributed by atoms with Gasteiger partial charge in [-0.05, 0) is 90.1 Å². The van der Waals surface area contributed by atoms with Crippen LogP contribution in [-0.2, 0) is 33.3 Å². The first kappa shape index (κ1) is 46.2. The summed E-state index contributed by atoms with van der Waals surface area (Å²) in [4.78, 5) is 35.7. The van der Waals surface area contributed by atoms with Gasteiger partial charge in [-0.2, -0.15) is 0 Å². The molecule has 4 rings (SSSR count). The van der Waals surface area contributed by atoms with E-state index >= 15 is 0 Å².